The molecule has 10 heteroatoms. The number of anilines is 3. The predicted octanol–water partition coefficient (Wildman–Crippen LogP) is 4.63. The number of hydrogen-bond donors (Lipinski definition) is 2. The van der Waals surface area contributed by atoms with Crippen LogP contribution in [0, 0.1) is 17.6 Å². The van der Waals surface area contributed by atoms with Gasteiger partial charge in [-0.2, -0.15) is 9.37 Å². The lowest BCUT2D eigenvalue weighted by Gasteiger charge is -2.31. The Morgan fingerprint density at radius 3 is 2.59 bits per heavy atom. The molecule has 1 fully saturated rings. The standard InChI is InChI=1S/C24H23F2N5O3/c25-18-2-1-3-20(12-18)29-24(33)31-10-8-17(9-11-31)15-34-22-21(26)13-27-23(30-22)28-19-6-4-16(14-32)5-7-19/h1-7,12-14,17H,8-11,15H2,(H,29,33)(H,27,28,30). The van der Waals surface area contributed by atoms with Gasteiger partial charge in [-0.15, -0.1) is 0 Å². The highest BCUT2D eigenvalue weighted by Crippen LogP contribution is 2.22. The molecule has 34 heavy (non-hydrogen) atoms. The molecule has 0 bridgehead atoms. The zero-order valence-electron chi connectivity index (χ0n) is 18.2. The summed E-state index contributed by atoms with van der Waals surface area (Å²) in [5.74, 6) is -0.958. The lowest BCUT2D eigenvalue weighted by molar-refractivity contribution is 0.112. The van der Waals surface area contributed by atoms with E-state index in [4.69, 9.17) is 4.74 Å². The van der Waals surface area contributed by atoms with Crippen LogP contribution in [0.3, 0.4) is 0 Å². The summed E-state index contributed by atoms with van der Waals surface area (Å²) >= 11 is 0. The molecule has 2 heterocycles. The summed E-state index contributed by atoms with van der Waals surface area (Å²) in [5.41, 5.74) is 1.58. The van der Waals surface area contributed by atoms with Crippen LogP contribution in [0.5, 0.6) is 5.88 Å². The van der Waals surface area contributed by atoms with Crippen molar-refractivity contribution in [2.24, 2.45) is 5.92 Å². The topological polar surface area (TPSA) is 96.5 Å². The summed E-state index contributed by atoms with van der Waals surface area (Å²) in [6, 6.07) is 12.1. The van der Waals surface area contributed by atoms with Crippen molar-refractivity contribution in [3.8, 4) is 5.88 Å². The van der Waals surface area contributed by atoms with Gasteiger partial charge in [0.25, 0.3) is 5.88 Å². The minimum atomic E-state index is -0.672. The molecule has 0 radical (unpaired) electrons. The highest BCUT2D eigenvalue weighted by Gasteiger charge is 2.24. The van der Waals surface area contributed by atoms with Crippen molar-refractivity contribution < 1.29 is 23.1 Å². The second-order valence-electron chi connectivity index (χ2n) is 7.89. The minimum absolute atomic E-state index is 0.125. The number of likely N-dealkylation sites (tertiary alicyclic amines) is 1. The fourth-order valence-corrected chi connectivity index (χ4v) is 3.56. The van der Waals surface area contributed by atoms with Gasteiger partial charge in [0.2, 0.25) is 11.8 Å². The van der Waals surface area contributed by atoms with E-state index >= 15 is 0 Å². The van der Waals surface area contributed by atoms with Gasteiger partial charge in [0.1, 0.15) is 12.1 Å². The van der Waals surface area contributed by atoms with E-state index in [0.29, 0.717) is 42.9 Å². The molecule has 0 unspecified atom stereocenters. The number of halogens is 2. The van der Waals surface area contributed by atoms with E-state index in [9.17, 15) is 18.4 Å². The Morgan fingerprint density at radius 2 is 1.88 bits per heavy atom. The number of urea groups is 1. The van der Waals surface area contributed by atoms with Crippen LogP contribution in [0.1, 0.15) is 23.2 Å². The molecule has 0 saturated carbocycles. The first-order valence-electron chi connectivity index (χ1n) is 10.8. The molecule has 2 aromatic carbocycles. The molecular weight excluding hydrogens is 444 g/mol. The molecule has 2 amide bonds. The van der Waals surface area contributed by atoms with Crippen LogP contribution in [0.25, 0.3) is 0 Å². The smallest absolute Gasteiger partial charge is 0.321 e. The van der Waals surface area contributed by atoms with Crippen molar-refractivity contribution in [3.05, 3.63) is 71.9 Å². The first kappa shape index (κ1) is 23.1. The Morgan fingerprint density at radius 1 is 1.12 bits per heavy atom. The number of carbonyl (C=O) groups is 2. The molecule has 176 valence electrons. The first-order valence-corrected chi connectivity index (χ1v) is 10.8. The fourth-order valence-electron chi connectivity index (χ4n) is 3.56. The maximum atomic E-state index is 14.2. The second kappa shape index (κ2) is 10.7. The Kier molecular flexibility index (Phi) is 7.26. The van der Waals surface area contributed by atoms with E-state index in [1.807, 2.05) is 0 Å². The third kappa shape index (κ3) is 6.03. The average molecular weight is 467 g/mol. The number of benzene rings is 2. The number of amides is 2. The monoisotopic (exact) mass is 467 g/mol. The van der Waals surface area contributed by atoms with Crippen molar-refractivity contribution in [3.63, 3.8) is 0 Å². The largest absolute Gasteiger partial charge is 0.475 e. The minimum Gasteiger partial charge on any atom is -0.475 e. The molecule has 2 N–H and O–H groups in total. The highest BCUT2D eigenvalue weighted by atomic mass is 19.1. The van der Waals surface area contributed by atoms with Crippen molar-refractivity contribution in [2.45, 2.75) is 12.8 Å². The molecular formula is C24H23F2N5O3. The maximum Gasteiger partial charge on any atom is 0.321 e. The van der Waals surface area contributed by atoms with E-state index < -0.39 is 11.6 Å². The number of aldehydes is 1. The molecule has 0 atom stereocenters. The Bertz CT molecular complexity index is 1150. The summed E-state index contributed by atoms with van der Waals surface area (Å²) in [4.78, 5) is 32.8. The van der Waals surface area contributed by atoms with Crippen LogP contribution in [-0.2, 0) is 0 Å². The van der Waals surface area contributed by atoms with Crippen LogP contribution in [0.2, 0.25) is 0 Å². The fraction of sp³-hybridized carbons (Fsp3) is 0.250. The van der Waals surface area contributed by atoms with Crippen molar-refractivity contribution >= 4 is 29.6 Å². The van der Waals surface area contributed by atoms with Gasteiger partial charge in [-0.25, -0.2) is 14.2 Å². The molecule has 0 spiro atoms. The molecule has 1 aliphatic rings. The van der Waals surface area contributed by atoms with Gasteiger partial charge in [-0.3, -0.25) is 4.79 Å². The number of rotatable bonds is 7. The van der Waals surface area contributed by atoms with Gasteiger partial charge in [0, 0.05) is 30.0 Å². The molecule has 3 aromatic rings. The Hall–Kier alpha value is -4.08. The van der Waals surface area contributed by atoms with E-state index in [0.717, 1.165) is 12.5 Å². The van der Waals surface area contributed by atoms with Gasteiger partial charge in [0.15, 0.2) is 0 Å². The van der Waals surface area contributed by atoms with Gasteiger partial charge < -0.3 is 20.3 Å². The van der Waals surface area contributed by atoms with Crippen LogP contribution in [0.15, 0.2) is 54.7 Å². The maximum absolute atomic E-state index is 14.2. The summed E-state index contributed by atoms with van der Waals surface area (Å²) in [7, 11) is 0. The van der Waals surface area contributed by atoms with E-state index in [-0.39, 0.29) is 30.4 Å². The van der Waals surface area contributed by atoms with Crippen LogP contribution in [-0.4, -0.2) is 46.9 Å². The molecule has 1 saturated heterocycles. The number of carbonyl (C=O) groups excluding carboxylic acids is 2. The molecule has 1 aliphatic heterocycles. The summed E-state index contributed by atoms with van der Waals surface area (Å²) in [5, 5.41) is 5.63. The number of nitrogens with one attached hydrogen (secondary N) is 2. The van der Waals surface area contributed by atoms with Gasteiger partial charge in [-0.05, 0) is 61.2 Å². The van der Waals surface area contributed by atoms with Crippen molar-refractivity contribution in [1.82, 2.24) is 14.9 Å². The summed E-state index contributed by atoms with van der Waals surface area (Å²) in [6.07, 6.45) is 3.13. The number of ether oxygens (including phenoxy) is 1. The molecule has 1 aromatic heterocycles. The zero-order valence-corrected chi connectivity index (χ0v) is 18.2. The van der Waals surface area contributed by atoms with Gasteiger partial charge in [-0.1, -0.05) is 6.07 Å². The Labute approximate surface area is 195 Å². The van der Waals surface area contributed by atoms with E-state index in [1.165, 1.54) is 18.2 Å². The normalized spacial score (nSPS) is 13.9. The van der Waals surface area contributed by atoms with Crippen molar-refractivity contribution in [2.75, 3.05) is 30.3 Å². The predicted molar refractivity (Wildman–Crippen MR) is 122 cm³/mol. The SMILES string of the molecule is O=Cc1ccc(Nc2ncc(F)c(OCC3CCN(C(=O)Nc4cccc(F)c4)CC3)n2)cc1. The van der Waals surface area contributed by atoms with Gasteiger partial charge in [0.05, 0.1) is 12.8 Å². The van der Waals surface area contributed by atoms with Crippen LogP contribution in [0.4, 0.5) is 30.9 Å². The summed E-state index contributed by atoms with van der Waals surface area (Å²) in [6.45, 7) is 1.26. The third-order valence-electron chi connectivity index (χ3n) is 5.45. The lowest BCUT2D eigenvalue weighted by atomic mass is 9.98. The molecule has 0 aliphatic carbocycles. The third-order valence-corrected chi connectivity index (χ3v) is 5.45. The molecule has 8 nitrogen and oxygen atoms in total. The van der Waals surface area contributed by atoms with E-state index in [2.05, 4.69) is 20.6 Å². The van der Waals surface area contributed by atoms with Crippen LogP contribution >= 0.6 is 0 Å². The van der Waals surface area contributed by atoms with Crippen LogP contribution < -0.4 is 15.4 Å². The average Bonchev–Trinajstić information content (AvgIpc) is 2.85. The Balaban J connectivity index is 1.27. The second-order valence-corrected chi connectivity index (χ2v) is 7.89. The number of aromatic nitrogens is 2. The zero-order chi connectivity index (χ0) is 23.9. The summed E-state index contributed by atoms with van der Waals surface area (Å²) < 4.78 is 33.1. The van der Waals surface area contributed by atoms with Gasteiger partial charge >= 0.3 is 6.03 Å². The highest BCUT2D eigenvalue weighted by molar-refractivity contribution is 5.89. The van der Waals surface area contributed by atoms with Crippen molar-refractivity contribution in [1.29, 1.82) is 0 Å². The lowest BCUT2D eigenvalue weighted by Crippen LogP contribution is -2.42. The first-order chi connectivity index (χ1) is 16.5. The number of nitrogens with zero attached hydrogens (tertiary/aromatic N) is 3. The molecule has 4 rings (SSSR count). The number of piperidine rings is 1. The quantitative estimate of drug-likeness (QED) is 0.492. The number of hydrogen-bond acceptors (Lipinski definition) is 6. The van der Waals surface area contributed by atoms with E-state index in [1.54, 1.807) is 35.2 Å².